The molecule has 33 heavy (non-hydrogen) atoms. The van der Waals surface area contributed by atoms with Gasteiger partial charge >= 0.3 is 6.61 Å². The highest BCUT2D eigenvalue weighted by Gasteiger charge is 2.18. The number of carbonyl (C=O) groups excluding carboxylic acids is 1. The Hall–Kier alpha value is -3.56. The summed E-state index contributed by atoms with van der Waals surface area (Å²) in [5.74, 6) is 0.489. The van der Waals surface area contributed by atoms with Gasteiger partial charge in [0.05, 0.1) is 19.2 Å². The molecule has 10 heteroatoms. The van der Waals surface area contributed by atoms with E-state index in [-0.39, 0.29) is 23.8 Å². The molecule has 1 amide bonds. The topological polar surface area (TPSA) is 91.2 Å². The molecule has 8 nitrogen and oxygen atoms in total. The number of hydrogen-bond donors (Lipinski definition) is 1. The van der Waals surface area contributed by atoms with E-state index in [2.05, 4.69) is 25.1 Å². The maximum Gasteiger partial charge on any atom is 0.387 e. The minimum absolute atomic E-state index is 0.0383. The number of aromatic nitrogens is 4. The van der Waals surface area contributed by atoms with Crippen LogP contribution < -0.4 is 14.8 Å². The molecule has 0 saturated heterocycles. The number of nitrogens with one attached hydrogen (secondary N) is 1. The number of hydrogen-bond acceptors (Lipinski definition) is 6. The lowest BCUT2D eigenvalue weighted by Crippen LogP contribution is -2.27. The molecule has 2 heterocycles. The summed E-state index contributed by atoms with van der Waals surface area (Å²) in [4.78, 5) is 21.4. The van der Waals surface area contributed by atoms with Crippen LogP contribution in [0.2, 0.25) is 0 Å². The molecule has 0 bridgehead atoms. The van der Waals surface area contributed by atoms with Crippen LogP contribution in [0.4, 0.5) is 8.78 Å². The van der Waals surface area contributed by atoms with Gasteiger partial charge in [-0.05, 0) is 57.9 Å². The number of benzene rings is 1. The molecule has 0 aliphatic heterocycles. The minimum Gasteiger partial charge on any atom is -0.493 e. The highest BCUT2D eigenvalue weighted by atomic mass is 19.3. The summed E-state index contributed by atoms with van der Waals surface area (Å²) in [6.45, 7) is 4.90. The molecule has 0 radical (unpaired) electrons. The molecule has 1 N–H and O–H groups in total. The number of aryl methyl sites for hydroxylation is 3. The SMILES string of the molecule is COc1ccc(CCNC(=O)Cc2c(C)nn(-c3nc(C)cc(C)n3)c2C)cc1OC(F)F. The summed E-state index contributed by atoms with van der Waals surface area (Å²) in [5, 5.41) is 7.38. The average molecular weight is 459 g/mol. The average Bonchev–Trinajstić information content (AvgIpc) is 3.01. The quantitative estimate of drug-likeness (QED) is 0.527. The second-order valence-electron chi connectivity index (χ2n) is 7.65. The van der Waals surface area contributed by atoms with E-state index in [1.807, 2.05) is 33.8 Å². The number of halogens is 2. The Balaban J connectivity index is 1.63. The number of alkyl halides is 2. The molecular formula is C23H27F2N5O3. The zero-order valence-electron chi connectivity index (χ0n) is 19.3. The second kappa shape index (κ2) is 10.4. The normalized spacial score (nSPS) is 11.0. The Morgan fingerprint density at radius 3 is 2.42 bits per heavy atom. The Morgan fingerprint density at radius 1 is 1.09 bits per heavy atom. The summed E-state index contributed by atoms with van der Waals surface area (Å²) < 4.78 is 36.4. The minimum atomic E-state index is -2.95. The summed E-state index contributed by atoms with van der Waals surface area (Å²) in [5.41, 5.74) is 4.76. The number of nitrogens with zero attached hydrogens (tertiary/aromatic N) is 4. The molecule has 0 spiro atoms. The first-order chi connectivity index (χ1) is 15.7. The molecular weight excluding hydrogens is 432 g/mol. The molecule has 0 atom stereocenters. The van der Waals surface area contributed by atoms with Crippen LogP contribution in [-0.2, 0) is 17.6 Å². The Morgan fingerprint density at radius 2 is 1.79 bits per heavy atom. The Bertz CT molecular complexity index is 1130. The maximum atomic E-state index is 12.6. The molecule has 176 valence electrons. The van der Waals surface area contributed by atoms with Crippen LogP contribution in [0.3, 0.4) is 0 Å². The van der Waals surface area contributed by atoms with Crippen molar-refractivity contribution in [2.24, 2.45) is 0 Å². The number of methoxy groups -OCH3 is 1. The van der Waals surface area contributed by atoms with Crippen molar-refractivity contribution in [2.75, 3.05) is 13.7 Å². The van der Waals surface area contributed by atoms with Crippen LogP contribution in [-0.4, -0.2) is 45.9 Å². The van der Waals surface area contributed by atoms with Gasteiger partial charge in [-0.25, -0.2) is 14.6 Å². The smallest absolute Gasteiger partial charge is 0.387 e. The van der Waals surface area contributed by atoms with Crippen molar-refractivity contribution in [2.45, 2.75) is 47.1 Å². The zero-order valence-corrected chi connectivity index (χ0v) is 19.3. The van der Waals surface area contributed by atoms with Crippen LogP contribution in [0.1, 0.15) is 33.9 Å². The number of ether oxygens (including phenoxy) is 2. The fourth-order valence-electron chi connectivity index (χ4n) is 3.56. The zero-order chi connectivity index (χ0) is 24.1. The van der Waals surface area contributed by atoms with Gasteiger partial charge in [0, 0.05) is 29.2 Å². The van der Waals surface area contributed by atoms with Crippen molar-refractivity contribution in [1.82, 2.24) is 25.1 Å². The first kappa shape index (κ1) is 24.1. The van der Waals surface area contributed by atoms with Crippen molar-refractivity contribution >= 4 is 5.91 Å². The molecule has 0 saturated carbocycles. The molecule has 3 rings (SSSR count). The van der Waals surface area contributed by atoms with Crippen LogP contribution in [0, 0.1) is 27.7 Å². The largest absolute Gasteiger partial charge is 0.493 e. The van der Waals surface area contributed by atoms with Gasteiger partial charge < -0.3 is 14.8 Å². The third kappa shape index (κ3) is 6.03. The van der Waals surface area contributed by atoms with Gasteiger partial charge in [-0.1, -0.05) is 6.07 Å². The van der Waals surface area contributed by atoms with E-state index < -0.39 is 6.61 Å². The van der Waals surface area contributed by atoms with Crippen molar-refractivity contribution < 1.29 is 23.0 Å². The van der Waals surface area contributed by atoms with Gasteiger partial charge in [0.1, 0.15) is 0 Å². The van der Waals surface area contributed by atoms with E-state index >= 15 is 0 Å². The molecule has 0 unspecified atom stereocenters. The van der Waals surface area contributed by atoms with Crippen molar-refractivity contribution in [3.63, 3.8) is 0 Å². The summed E-state index contributed by atoms with van der Waals surface area (Å²) >= 11 is 0. The second-order valence-corrected chi connectivity index (χ2v) is 7.65. The van der Waals surface area contributed by atoms with Crippen LogP contribution >= 0.6 is 0 Å². The van der Waals surface area contributed by atoms with Gasteiger partial charge in [-0.15, -0.1) is 0 Å². The first-order valence-corrected chi connectivity index (χ1v) is 10.4. The van der Waals surface area contributed by atoms with E-state index in [9.17, 15) is 13.6 Å². The predicted molar refractivity (Wildman–Crippen MR) is 118 cm³/mol. The number of rotatable bonds is 9. The summed E-state index contributed by atoms with van der Waals surface area (Å²) in [6.07, 6.45) is 0.605. The number of amides is 1. The molecule has 0 aliphatic rings. The van der Waals surface area contributed by atoms with Crippen molar-refractivity contribution in [1.29, 1.82) is 0 Å². The van der Waals surface area contributed by atoms with Gasteiger partial charge in [-0.2, -0.15) is 13.9 Å². The van der Waals surface area contributed by atoms with Gasteiger partial charge in [0.25, 0.3) is 5.95 Å². The van der Waals surface area contributed by atoms with Gasteiger partial charge in [0.15, 0.2) is 11.5 Å². The van der Waals surface area contributed by atoms with E-state index in [0.29, 0.717) is 18.9 Å². The third-order valence-electron chi connectivity index (χ3n) is 5.12. The molecule has 3 aromatic rings. The van der Waals surface area contributed by atoms with Crippen molar-refractivity contribution in [3.8, 4) is 17.4 Å². The molecule has 0 fully saturated rings. The van der Waals surface area contributed by atoms with Crippen molar-refractivity contribution in [3.05, 3.63) is 58.2 Å². The van der Waals surface area contributed by atoms with E-state index in [0.717, 1.165) is 33.9 Å². The Kier molecular flexibility index (Phi) is 7.57. The first-order valence-electron chi connectivity index (χ1n) is 10.4. The molecule has 1 aromatic carbocycles. The summed E-state index contributed by atoms with van der Waals surface area (Å²) in [7, 11) is 1.38. The maximum absolute atomic E-state index is 12.6. The highest BCUT2D eigenvalue weighted by molar-refractivity contribution is 5.79. The molecule has 0 aliphatic carbocycles. The fraction of sp³-hybridized carbons (Fsp3) is 0.391. The van der Waals surface area contributed by atoms with E-state index in [1.54, 1.807) is 16.8 Å². The van der Waals surface area contributed by atoms with Gasteiger partial charge in [-0.3, -0.25) is 4.79 Å². The lowest BCUT2D eigenvalue weighted by Gasteiger charge is -2.12. The predicted octanol–water partition coefficient (Wildman–Crippen LogP) is 3.41. The van der Waals surface area contributed by atoms with Gasteiger partial charge in [0.2, 0.25) is 5.91 Å². The monoisotopic (exact) mass is 459 g/mol. The lowest BCUT2D eigenvalue weighted by molar-refractivity contribution is -0.120. The van der Waals surface area contributed by atoms with E-state index in [1.165, 1.54) is 13.2 Å². The lowest BCUT2D eigenvalue weighted by atomic mass is 10.1. The fourth-order valence-corrected chi connectivity index (χ4v) is 3.56. The number of carbonyl (C=O) groups is 1. The summed E-state index contributed by atoms with van der Waals surface area (Å²) in [6, 6.07) is 6.67. The van der Waals surface area contributed by atoms with E-state index in [4.69, 9.17) is 4.74 Å². The van der Waals surface area contributed by atoms with Crippen LogP contribution in [0.5, 0.6) is 11.5 Å². The Labute approximate surface area is 191 Å². The third-order valence-corrected chi connectivity index (χ3v) is 5.12. The van der Waals surface area contributed by atoms with Crippen LogP contribution in [0.25, 0.3) is 5.95 Å². The highest BCUT2D eigenvalue weighted by Crippen LogP contribution is 2.29. The molecule has 2 aromatic heterocycles. The van der Waals surface area contributed by atoms with Crippen LogP contribution in [0.15, 0.2) is 24.3 Å². The standard InChI is InChI=1S/C23H27F2N5O3/c1-13-10-14(2)28-23(27-13)30-16(4)18(15(3)29-30)12-21(31)26-9-8-17-6-7-19(32-5)20(11-17)33-22(24)25/h6-7,10-11,22H,8-9,12H2,1-5H3,(H,26,31).